The van der Waals surface area contributed by atoms with Crippen molar-refractivity contribution in [3.05, 3.63) is 29.6 Å². The molecule has 0 aromatic heterocycles. The number of esters is 1. The smallest absolute Gasteiger partial charge is 0.326 e. The summed E-state index contributed by atoms with van der Waals surface area (Å²) in [5.41, 5.74) is 6.31. The molecule has 0 spiro atoms. The van der Waals surface area contributed by atoms with Crippen molar-refractivity contribution in [2.45, 2.75) is 13.0 Å². The van der Waals surface area contributed by atoms with Gasteiger partial charge in [-0.25, -0.2) is 4.39 Å². The number of benzene rings is 1. The molecule has 0 radical (unpaired) electrons. The molecule has 0 aliphatic rings. The lowest BCUT2D eigenvalue weighted by molar-refractivity contribution is -0.142. The van der Waals surface area contributed by atoms with Gasteiger partial charge < -0.3 is 15.2 Å². The predicted octanol–water partition coefficient (Wildman–Crippen LogP) is 1.01. The molecule has 1 aromatic carbocycles. The fourth-order valence-corrected chi connectivity index (χ4v) is 1.12. The van der Waals surface area contributed by atoms with E-state index in [-0.39, 0.29) is 12.4 Å². The van der Waals surface area contributed by atoms with Crippen molar-refractivity contribution >= 4 is 5.97 Å². The summed E-state index contributed by atoms with van der Waals surface area (Å²) >= 11 is 0. The molecule has 1 atom stereocenters. The maximum absolute atomic E-state index is 13.2. The van der Waals surface area contributed by atoms with Gasteiger partial charge >= 0.3 is 5.97 Å². The zero-order valence-electron chi connectivity index (χ0n) is 9.20. The standard InChI is InChI=1S/C11H14FNO3/c1-7-3-4-8(12)10(5-7)16-6-9(13)11(14)15-2/h3-5,9H,6,13H2,1-2H3. The minimum absolute atomic E-state index is 0.0827. The molecule has 4 nitrogen and oxygen atoms in total. The van der Waals surface area contributed by atoms with Crippen molar-refractivity contribution in [1.82, 2.24) is 0 Å². The van der Waals surface area contributed by atoms with E-state index in [4.69, 9.17) is 10.5 Å². The molecule has 0 aliphatic heterocycles. The first kappa shape index (κ1) is 12.4. The lowest BCUT2D eigenvalue weighted by Crippen LogP contribution is -2.37. The van der Waals surface area contributed by atoms with Crippen molar-refractivity contribution in [3.63, 3.8) is 0 Å². The van der Waals surface area contributed by atoms with E-state index in [0.29, 0.717) is 0 Å². The summed E-state index contributed by atoms with van der Waals surface area (Å²) in [6.07, 6.45) is 0. The van der Waals surface area contributed by atoms with Crippen LogP contribution in [0.2, 0.25) is 0 Å². The Morgan fingerprint density at radius 3 is 2.88 bits per heavy atom. The summed E-state index contributed by atoms with van der Waals surface area (Å²) in [6.45, 7) is 1.69. The molecule has 1 unspecified atom stereocenters. The molecule has 5 heteroatoms. The Bertz CT molecular complexity index is 381. The Morgan fingerprint density at radius 2 is 2.25 bits per heavy atom. The number of carbonyl (C=O) groups excluding carboxylic acids is 1. The third-order valence-corrected chi connectivity index (χ3v) is 2.01. The molecule has 2 N–H and O–H groups in total. The van der Waals surface area contributed by atoms with E-state index < -0.39 is 17.8 Å². The average molecular weight is 227 g/mol. The SMILES string of the molecule is COC(=O)C(N)COc1cc(C)ccc1F. The highest BCUT2D eigenvalue weighted by Gasteiger charge is 2.15. The third-order valence-electron chi connectivity index (χ3n) is 2.01. The maximum atomic E-state index is 13.2. The van der Waals surface area contributed by atoms with Gasteiger partial charge in [0, 0.05) is 0 Å². The zero-order valence-corrected chi connectivity index (χ0v) is 9.20. The van der Waals surface area contributed by atoms with Gasteiger partial charge in [-0.2, -0.15) is 0 Å². The van der Waals surface area contributed by atoms with Crippen LogP contribution in [0.15, 0.2) is 18.2 Å². The first-order valence-electron chi connectivity index (χ1n) is 4.77. The van der Waals surface area contributed by atoms with Gasteiger partial charge in [0.1, 0.15) is 12.6 Å². The fraction of sp³-hybridized carbons (Fsp3) is 0.364. The van der Waals surface area contributed by atoms with E-state index in [2.05, 4.69) is 4.74 Å². The number of aryl methyl sites for hydroxylation is 1. The van der Waals surface area contributed by atoms with Crippen LogP contribution in [-0.4, -0.2) is 25.7 Å². The quantitative estimate of drug-likeness (QED) is 0.780. The Balaban J connectivity index is 2.60. The first-order valence-corrected chi connectivity index (χ1v) is 4.77. The average Bonchev–Trinajstić information content (AvgIpc) is 2.28. The van der Waals surface area contributed by atoms with E-state index in [1.165, 1.54) is 13.2 Å². The molecular weight excluding hydrogens is 213 g/mol. The Morgan fingerprint density at radius 1 is 1.56 bits per heavy atom. The second-order valence-electron chi connectivity index (χ2n) is 3.37. The van der Waals surface area contributed by atoms with E-state index in [1.54, 1.807) is 12.1 Å². The first-order chi connectivity index (χ1) is 7.54. The maximum Gasteiger partial charge on any atom is 0.326 e. The minimum atomic E-state index is -0.912. The molecule has 0 aliphatic carbocycles. The van der Waals surface area contributed by atoms with Crippen molar-refractivity contribution < 1.29 is 18.7 Å². The molecule has 0 saturated heterocycles. The molecule has 0 amide bonds. The van der Waals surface area contributed by atoms with Crippen LogP contribution in [0.5, 0.6) is 5.75 Å². The van der Waals surface area contributed by atoms with Crippen molar-refractivity contribution in [1.29, 1.82) is 0 Å². The minimum Gasteiger partial charge on any atom is -0.488 e. The number of hydrogen-bond donors (Lipinski definition) is 1. The van der Waals surface area contributed by atoms with Crippen LogP contribution in [0, 0.1) is 12.7 Å². The highest BCUT2D eigenvalue weighted by molar-refractivity contribution is 5.75. The van der Waals surface area contributed by atoms with Crippen LogP contribution in [-0.2, 0) is 9.53 Å². The van der Waals surface area contributed by atoms with E-state index in [0.717, 1.165) is 5.56 Å². The molecule has 1 aromatic rings. The number of carbonyl (C=O) groups is 1. The van der Waals surface area contributed by atoms with Crippen molar-refractivity contribution in [2.24, 2.45) is 5.73 Å². The van der Waals surface area contributed by atoms with Crippen molar-refractivity contribution in [3.8, 4) is 5.75 Å². The van der Waals surface area contributed by atoms with Gasteiger partial charge in [-0.15, -0.1) is 0 Å². The van der Waals surface area contributed by atoms with Gasteiger partial charge in [0.15, 0.2) is 11.6 Å². The van der Waals surface area contributed by atoms with Crippen LogP contribution in [0.25, 0.3) is 0 Å². The van der Waals surface area contributed by atoms with Gasteiger partial charge in [-0.1, -0.05) is 6.07 Å². The number of halogens is 1. The topological polar surface area (TPSA) is 61.5 Å². The summed E-state index contributed by atoms with van der Waals surface area (Å²) < 4.78 is 22.7. The predicted molar refractivity (Wildman–Crippen MR) is 56.6 cm³/mol. The number of rotatable bonds is 4. The number of nitrogens with two attached hydrogens (primary N) is 1. The van der Waals surface area contributed by atoms with Crippen LogP contribution in [0.4, 0.5) is 4.39 Å². The van der Waals surface area contributed by atoms with E-state index in [9.17, 15) is 9.18 Å². The van der Waals surface area contributed by atoms with Gasteiger partial charge in [0.05, 0.1) is 7.11 Å². The molecule has 16 heavy (non-hydrogen) atoms. The zero-order chi connectivity index (χ0) is 12.1. The van der Waals surface area contributed by atoms with E-state index in [1.807, 2.05) is 6.92 Å². The Kier molecular flexibility index (Phi) is 4.25. The summed E-state index contributed by atoms with van der Waals surface area (Å²) in [7, 11) is 1.23. The summed E-state index contributed by atoms with van der Waals surface area (Å²) in [4.78, 5) is 11.0. The molecule has 1 rings (SSSR count). The molecule has 0 heterocycles. The number of ether oxygens (including phenoxy) is 2. The largest absolute Gasteiger partial charge is 0.488 e. The summed E-state index contributed by atoms with van der Waals surface area (Å²) in [5.74, 6) is -0.991. The molecular formula is C11H14FNO3. The second-order valence-corrected chi connectivity index (χ2v) is 3.37. The van der Waals surface area contributed by atoms with Crippen LogP contribution in [0.1, 0.15) is 5.56 Å². The van der Waals surface area contributed by atoms with E-state index >= 15 is 0 Å². The van der Waals surface area contributed by atoms with Crippen molar-refractivity contribution in [2.75, 3.05) is 13.7 Å². The highest BCUT2D eigenvalue weighted by Crippen LogP contribution is 2.18. The van der Waals surface area contributed by atoms with Gasteiger partial charge in [0.2, 0.25) is 0 Å². The van der Waals surface area contributed by atoms with Gasteiger partial charge in [-0.05, 0) is 24.6 Å². The van der Waals surface area contributed by atoms with Gasteiger partial charge in [0.25, 0.3) is 0 Å². The Labute approximate surface area is 93.2 Å². The highest BCUT2D eigenvalue weighted by atomic mass is 19.1. The lowest BCUT2D eigenvalue weighted by atomic mass is 10.2. The summed E-state index contributed by atoms with van der Waals surface area (Å²) in [5, 5.41) is 0. The second kappa shape index (κ2) is 5.46. The van der Waals surface area contributed by atoms with Crippen LogP contribution < -0.4 is 10.5 Å². The molecule has 0 saturated carbocycles. The number of methoxy groups -OCH3 is 1. The third kappa shape index (κ3) is 3.20. The molecule has 88 valence electrons. The molecule has 0 fully saturated rings. The molecule has 0 bridgehead atoms. The fourth-order valence-electron chi connectivity index (χ4n) is 1.12. The van der Waals surface area contributed by atoms with Crippen LogP contribution >= 0.6 is 0 Å². The number of hydrogen-bond acceptors (Lipinski definition) is 4. The summed E-state index contributed by atoms with van der Waals surface area (Å²) in [6, 6.07) is 3.56. The van der Waals surface area contributed by atoms with Gasteiger partial charge in [-0.3, -0.25) is 4.79 Å². The van der Waals surface area contributed by atoms with Crippen LogP contribution in [0.3, 0.4) is 0 Å². The Hall–Kier alpha value is -1.62. The normalized spacial score (nSPS) is 12.0. The lowest BCUT2D eigenvalue weighted by Gasteiger charge is -2.12. The monoisotopic (exact) mass is 227 g/mol.